The third-order valence-electron chi connectivity index (χ3n) is 3.09. The Morgan fingerprint density at radius 1 is 1.12 bits per heavy atom. The highest BCUT2D eigenvalue weighted by Crippen LogP contribution is 2.34. The summed E-state index contributed by atoms with van der Waals surface area (Å²) in [7, 11) is 0. The van der Waals surface area contributed by atoms with Crippen molar-refractivity contribution in [2.75, 3.05) is 0 Å². The number of thiophene rings is 1. The van der Waals surface area contributed by atoms with Crippen LogP contribution in [0, 0.1) is 20.8 Å². The summed E-state index contributed by atoms with van der Waals surface area (Å²) >= 11 is 5.66. The molecule has 1 aromatic carbocycles. The van der Waals surface area contributed by atoms with Crippen molar-refractivity contribution in [2.45, 2.75) is 32.0 Å². The van der Waals surface area contributed by atoms with Crippen molar-refractivity contribution in [1.82, 2.24) is 0 Å². The van der Waals surface area contributed by atoms with Crippen LogP contribution in [0.1, 0.15) is 32.0 Å². The lowest BCUT2D eigenvalue weighted by Gasteiger charge is -2.12. The van der Waals surface area contributed by atoms with Gasteiger partial charge in [0.1, 0.15) is 0 Å². The molecule has 1 aromatic heterocycles. The Balaban J connectivity index is 2.21. The third kappa shape index (κ3) is 2.99. The molecule has 2 rings (SSSR count). The van der Waals surface area contributed by atoms with Crippen molar-refractivity contribution in [2.24, 2.45) is 0 Å². The lowest BCUT2D eigenvalue weighted by Crippen LogP contribution is -1.97. The summed E-state index contributed by atoms with van der Waals surface area (Å²) in [6, 6.07) is 8.88. The van der Waals surface area contributed by atoms with E-state index in [9.17, 15) is 0 Å². The summed E-state index contributed by atoms with van der Waals surface area (Å²) in [6.07, 6.45) is 1.06. The molecular formula is C15H17BrS. The normalized spacial score (nSPS) is 12.7. The van der Waals surface area contributed by atoms with Gasteiger partial charge in [0.25, 0.3) is 0 Å². The Morgan fingerprint density at radius 3 is 2.53 bits per heavy atom. The molecule has 1 unspecified atom stereocenters. The lowest BCUT2D eigenvalue weighted by molar-refractivity contribution is 0.947. The second kappa shape index (κ2) is 5.36. The Bertz CT molecular complexity index is 513. The number of benzene rings is 1. The topological polar surface area (TPSA) is 0 Å². The van der Waals surface area contributed by atoms with E-state index in [2.05, 4.69) is 66.3 Å². The van der Waals surface area contributed by atoms with Crippen LogP contribution < -0.4 is 0 Å². The fourth-order valence-electron chi connectivity index (χ4n) is 2.01. The molecule has 0 bridgehead atoms. The molecule has 2 heteroatoms. The first kappa shape index (κ1) is 12.8. The van der Waals surface area contributed by atoms with Gasteiger partial charge in [-0.3, -0.25) is 0 Å². The highest BCUT2D eigenvalue weighted by atomic mass is 79.9. The van der Waals surface area contributed by atoms with Crippen LogP contribution in [0.5, 0.6) is 0 Å². The zero-order valence-electron chi connectivity index (χ0n) is 10.5. The molecule has 0 saturated heterocycles. The highest BCUT2D eigenvalue weighted by Gasteiger charge is 2.13. The molecule has 0 aliphatic rings. The molecule has 0 radical (unpaired) electrons. The molecule has 0 spiro atoms. The first-order valence-electron chi connectivity index (χ1n) is 5.82. The van der Waals surface area contributed by atoms with Crippen molar-refractivity contribution in [3.8, 4) is 0 Å². The van der Waals surface area contributed by atoms with Gasteiger partial charge in [0.2, 0.25) is 0 Å². The van der Waals surface area contributed by atoms with Crippen molar-refractivity contribution in [3.05, 3.63) is 56.8 Å². The summed E-state index contributed by atoms with van der Waals surface area (Å²) in [5.74, 6) is 0. The molecule has 0 saturated carbocycles. The van der Waals surface area contributed by atoms with E-state index in [1.807, 2.05) is 11.3 Å². The number of hydrogen-bond acceptors (Lipinski definition) is 1. The molecular weight excluding hydrogens is 292 g/mol. The van der Waals surface area contributed by atoms with Crippen LogP contribution >= 0.6 is 27.3 Å². The lowest BCUT2D eigenvalue weighted by atomic mass is 10.0. The van der Waals surface area contributed by atoms with Crippen LogP contribution in [-0.4, -0.2) is 0 Å². The average molecular weight is 309 g/mol. The van der Waals surface area contributed by atoms with E-state index >= 15 is 0 Å². The number of rotatable bonds is 3. The van der Waals surface area contributed by atoms with E-state index in [0.717, 1.165) is 6.42 Å². The van der Waals surface area contributed by atoms with E-state index in [1.54, 1.807) is 0 Å². The van der Waals surface area contributed by atoms with E-state index in [1.165, 1.54) is 27.1 Å². The van der Waals surface area contributed by atoms with Crippen LogP contribution in [-0.2, 0) is 6.42 Å². The molecule has 1 atom stereocenters. The molecule has 0 aliphatic carbocycles. The van der Waals surface area contributed by atoms with Gasteiger partial charge in [-0.1, -0.05) is 39.7 Å². The first-order valence-corrected chi connectivity index (χ1v) is 7.61. The van der Waals surface area contributed by atoms with Crippen LogP contribution in [0.2, 0.25) is 0 Å². The Morgan fingerprint density at radius 2 is 1.88 bits per heavy atom. The third-order valence-corrected chi connectivity index (χ3v) is 5.31. The predicted octanol–water partition coefficient (Wildman–Crippen LogP) is 5.35. The second-order valence-corrected chi connectivity index (χ2v) is 6.62. The highest BCUT2D eigenvalue weighted by molar-refractivity contribution is 9.09. The summed E-state index contributed by atoms with van der Waals surface area (Å²) in [4.78, 5) is 1.88. The van der Waals surface area contributed by atoms with Crippen LogP contribution in [0.25, 0.3) is 0 Å². The summed E-state index contributed by atoms with van der Waals surface area (Å²) in [5, 5.41) is 2.17. The van der Waals surface area contributed by atoms with Gasteiger partial charge >= 0.3 is 0 Å². The maximum absolute atomic E-state index is 3.82. The zero-order chi connectivity index (χ0) is 12.4. The smallest absolute Gasteiger partial charge is 0.0532 e. The molecule has 1 heterocycles. The minimum atomic E-state index is 0.433. The van der Waals surface area contributed by atoms with Gasteiger partial charge in [0.15, 0.2) is 0 Å². The Kier molecular flexibility index (Phi) is 4.05. The molecule has 90 valence electrons. The molecule has 17 heavy (non-hydrogen) atoms. The van der Waals surface area contributed by atoms with Crippen molar-refractivity contribution in [1.29, 1.82) is 0 Å². The number of halogens is 1. The molecule has 0 nitrogen and oxygen atoms in total. The average Bonchev–Trinajstić information content (AvgIpc) is 2.70. The first-order chi connectivity index (χ1) is 8.08. The minimum absolute atomic E-state index is 0.433. The molecule has 0 fully saturated rings. The largest absolute Gasteiger partial charge is 0.147 e. The van der Waals surface area contributed by atoms with E-state index in [-0.39, 0.29) is 0 Å². The van der Waals surface area contributed by atoms with E-state index in [4.69, 9.17) is 0 Å². The Hall–Kier alpha value is -0.600. The van der Waals surface area contributed by atoms with Crippen molar-refractivity contribution >= 4 is 27.3 Å². The molecule has 0 aliphatic heterocycles. The fraction of sp³-hybridized carbons (Fsp3) is 0.333. The maximum Gasteiger partial charge on any atom is 0.0532 e. The van der Waals surface area contributed by atoms with Gasteiger partial charge in [-0.05, 0) is 55.3 Å². The number of hydrogen-bond donors (Lipinski definition) is 0. The van der Waals surface area contributed by atoms with E-state index in [0.29, 0.717) is 4.83 Å². The molecule has 2 aromatic rings. The second-order valence-electron chi connectivity index (χ2n) is 4.57. The summed E-state index contributed by atoms with van der Waals surface area (Å²) in [5.41, 5.74) is 5.56. The Labute approximate surface area is 116 Å². The minimum Gasteiger partial charge on any atom is -0.147 e. The van der Waals surface area contributed by atoms with Crippen LogP contribution in [0.3, 0.4) is 0 Å². The predicted molar refractivity (Wildman–Crippen MR) is 80.3 cm³/mol. The van der Waals surface area contributed by atoms with Crippen LogP contribution in [0.15, 0.2) is 29.6 Å². The zero-order valence-corrected chi connectivity index (χ0v) is 12.9. The van der Waals surface area contributed by atoms with Gasteiger partial charge < -0.3 is 0 Å². The monoisotopic (exact) mass is 308 g/mol. The van der Waals surface area contributed by atoms with Gasteiger partial charge in [-0.2, -0.15) is 0 Å². The van der Waals surface area contributed by atoms with Crippen molar-refractivity contribution < 1.29 is 0 Å². The van der Waals surface area contributed by atoms with Gasteiger partial charge in [-0.15, -0.1) is 11.3 Å². The standard InChI is InChI=1S/C15H17BrS/c1-10-4-5-11(2)13(8-10)9-14(16)15-12(3)6-7-17-15/h4-8,14H,9H2,1-3H3. The summed E-state index contributed by atoms with van der Waals surface area (Å²) in [6.45, 7) is 6.53. The maximum atomic E-state index is 3.82. The SMILES string of the molecule is Cc1ccc(C)c(CC(Br)c2sccc2C)c1. The van der Waals surface area contributed by atoms with Crippen molar-refractivity contribution in [3.63, 3.8) is 0 Å². The fourth-order valence-corrected chi connectivity index (χ4v) is 3.95. The number of alkyl halides is 1. The molecule has 0 amide bonds. The summed E-state index contributed by atoms with van der Waals surface area (Å²) < 4.78 is 0. The van der Waals surface area contributed by atoms with E-state index < -0.39 is 0 Å². The van der Waals surface area contributed by atoms with Crippen LogP contribution in [0.4, 0.5) is 0 Å². The van der Waals surface area contributed by atoms with Gasteiger partial charge in [-0.25, -0.2) is 0 Å². The quantitative estimate of drug-likeness (QED) is 0.670. The van der Waals surface area contributed by atoms with Gasteiger partial charge in [0, 0.05) is 4.88 Å². The molecule has 0 N–H and O–H groups in total. The van der Waals surface area contributed by atoms with Gasteiger partial charge in [0.05, 0.1) is 4.83 Å². The number of aryl methyl sites for hydroxylation is 3.